The third-order valence-corrected chi connectivity index (χ3v) is 4.20. The molecule has 116 valence electrons. The second kappa shape index (κ2) is 8.15. The first-order valence-corrected chi connectivity index (χ1v) is 7.91. The Morgan fingerprint density at radius 3 is 2.86 bits per heavy atom. The van der Waals surface area contributed by atoms with Crippen molar-refractivity contribution in [3.63, 3.8) is 0 Å². The van der Waals surface area contributed by atoms with E-state index in [1.165, 1.54) is 18.4 Å². The SMILES string of the molecule is CNCC(C)C(=O)NCC1CCCN1Cc1ccccc1. The van der Waals surface area contributed by atoms with Crippen LogP contribution in [0.3, 0.4) is 0 Å². The van der Waals surface area contributed by atoms with Gasteiger partial charge in [-0.3, -0.25) is 9.69 Å². The standard InChI is InChI=1S/C17H27N3O/c1-14(11-18-2)17(21)19-12-16-9-6-10-20(16)13-15-7-4-3-5-8-15/h3-5,7-8,14,16,18H,6,9-13H2,1-2H3,(H,19,21). The maximum absolute atomic E-state index is 12.0. The third-order valence-electron chi connectivity index (χ3n) is 4.20. The fourth-order valence-corrected chi connectivity index (χ4v) is 2.94. The van der Waals surface area contributed by atoms with E-state index in [4.69, 9.17) is 0 Å². The number of hydrogen-bond donors (Lipinski definition) is 2. The molecule has 4 nitrogen and oxygen atoms in total. The van der Waals surface area contributed by atoms with Gasteiger partial charge in [-0.15, -0.1) is 0 Å². The van der Waals surface area contributed by atoms with Crippen LogP contribution >= 0.6 is 0 Å². The molecule has 0 aromatic heterocycles. The van der Waals surface area contributed by atoms with Crippen LogP contribution in [0.25, 0.3) is 0 Å². The molecule has 0 spiro atoms. The first-order chi connectivity index (χ1) is 10.2. The van der Waals surface area contributed by atoms with E-state index in [0.717, 1.165) is 26.2 Å². The summed E-state index contributed by atoms with van der Waals surface area (Å²) in [5.41, 5.74) is 1.35. The van der Waals surface area contributed by atoms with Crippen LogP contribution in [-0.2, 0) is 11.3 Å². The Morgan fingerprint density at radius 1 is 1.38 bits per heavy atom. The fraction of sp³-hybridized carbons (Fsp3) is 0.588. The molecule has 0 saturated carbocycles. The summed E-state index contributed by atoms with van der Waals surface area (Å²) in [6.07, 6.45) is 2.40. The van der Waals surface area contributed by atoms with Gasteiger partial charge >= 0.3 is 0 Å². The monoisotopic (exact) mass is 289 g/mol. The van der Waals surface area contributed by atoms with Gasteiger partial charge in [0, 0.05) is 31.6 Å². The number of amides is 1. The van der Waals surface area contributed by atoms with Crippen molar-refractivity contribution in [3.8, 4) is 0 Å². The van der Waals surface area contributed by atoms with Crippen molar-refractivity contribution < 1.29 is 4.79 Å². The molecule has 0 radical (unpaired) electrons. The van der Waals surface area contributed by atoms with E-state index in [-0.39, 0.29) is 11.8 Å². The molecule has 1 saturated heterocycles. The lowest BCUT2D eigenvalue weighted by Crippen LogP contribution is -2.42. The van der Waals surface area contributed by atoms with Crippen LogP contribution in [0.5, 0.6) is 0 Å². The Hall–Kier alpha value is -1.39. The molecule has 0 bridgehead atoms. The smallest absolute Gasteiger partial charge is 0.224 e. The molecule has 1 aromatic rings. The van der Waals surface area contributed by atoms with Crippen molar-refractivity contribution in [1.29, 1.82) is 0 Å². The van der Waals surface area contributed by atoms with Crippen LogP contribution in [0.4, 0.5) is 0 Å². The van der Waals surface area contributed by atoms with Crippen molar-refractivity contribution >= 4 is 5.91 Å². The molecule has 1 aromatic carbocycles. The zero-order chi connectivity index (χ0) is 15.1. The molecule has 4 heteroatoms. The summed E-state index contributed by atoms with van der Waals surface area (Å²) in [6, 6.07) is 11.0. The molecular formula is C17H27N3O. The van der Waals surface area contributed by atoms with Crippen molar-refractivity contribution in [2.75, 3.05) is 26.7 Å². The molecule has 1 aliphatic heterocycles. The number of benzene rings is 1. The van der Waals surface area contributed by atoms with E-state index >= 15 is 0 Å². The maximum atomic E-state index is 12.0. The van der Waals surface area contributed by atoms with E-state index < -0.39 is 0 Å². The highest BCUT2D eigenvalue weighted by atomic mass is 16.1. The van der Waals surface area contributed by atoms with Gasteiger partial charge in [0.1, 0.15) is 0 Å². The minimum absolute atomic E-state index is 0.0268. The summed E-state index contributed by atoms with van der Waals surface area (Å²) in [4.78, 5) is 14.5. The van der Waals surface area contributed by atoms with Crippen LogP contribution in [0.2, 0.25) is 0 Å². The molecule has 1 aliphatic rings. The Balaban J connectivity index is 1.81. The first kappa shape index (κ1) is 16.0. The predicted molar refractivity (Wildman–Crippen MR) is 86.0 cm³/mol. The Kier molecular flexibility index (Phi) is 6.21. The number of likely N-dealkylation sites (tertiary alicyclic amines) is 1. The normalized spacial score (nSPS) is 20.4. The highest BCUT2D eigenvalue weighted by molar-refractivity contribution is 5.78. The Morgan fingerprint density at radius 2 is 2.14 bits per heavy atom. The quantitative estimate of drug-likeness (QED) is 0.802. The second-order valence-corrected chi connectivity index (χ2v) is 5.96. The molecule has 2 atom stereocenters. The predicted octanol–water partition coefficient (Wildman–Crippen LogP) is 1.62. The lowest BCUT2D eigenvalue weighted by molar-refractivity contribution is -0.124. The lowest BCUT2D eigenvalue weighted by atomic mass is 10.1. The largest absolute Gasteiger partial charge is 0.354 e. The molecule has 2 unspecified atom stereocenters. The van der Waals surface area contributed by atoms with Crippen molar-refractivity contribution in [1.82, 2.24) is 15.5 Å². The number of carbonyl (C=O) groups is 1. The van der Waals surface area contributed by atoms with Crippen LogP contribution in [-0.4, -0.2) is 43.5 Å². The van der Waals surface area contributed by atoms with Gasteiger partial charge in [-0.2, -0.15) is 0 Å². The summed E-state index contributed by atoms with van der Waals surface area (Å²) in [6.45, 7) is 5.56. The molecule has 1 fully saturated rings. The van der Waals surface area contributed by atoms with Crippen LogP contribution in [0, 0.1) is 5.92 Å². The maximum Gasteiger partial charge on any atom is 0.224 e. The number of carbonyl (C=O) groups excluding carboxylic acids is 1. The third kappa shape index (κ3) is 4.83. The van der Waals surface area contributed by atoms with Crippen LogP contribution < -0.4 is 10.6 Å². The van der Waals surface area contributed by atoms with Gasteiger partial charge in [-0.05, 0) is 32.0 Å². The van der Waals surface area contributed by atoms with Gasteiger partial charge in [-0.25, -0.2) is 0 Å². The summed E-state index contributed by atoms with van der Waals surface area (Å²) < 4.78 is 0. The van der Waals surface area contributed by atoms with Gasteiger partial charge in [0.05, 0.1) is 0 Å². The average Bonchev–Trinajstić information content (AvgIpc) is 2.93. The Bertz CT molecular complexity index is 435. The van der Waals surface area contributed by atoms with E-state index in [2.05, 4.69) is 39.8 Å². The number of nitrogens with one attached hydrogen (secondary N) is 2. The van der Waals surface area contributed by atoms with Crippen molar-refractivity contribution in [2.24, 2.45) is 5.92 Å². The average molecular weight is 289 g/mol. The summed E-state index contributed by atoms with van der Waals surface area (Å²) >= 11 is 0. The van der Waals surface area contributed by atoms with Crippen molar-refractivity contribution in [3.05, 3.63) is 35.9 Å². The molecule has 21 heavy (non-hydrogen) atoms. The van der Waals surface area contributed by atoms with E-state index in [9.17, 15) is 4.79 Å². The second-order valence-electron chi connectivity index (χ2n) is 5.96. The summed E-state index contributed by atoms with van der Waals surface area (Å²) in [5, 5.41) is 6.15. The zero-order valence-electron chi connectivity index (χ0n) is 13.1. The van der Waals surface area contributed by atoms with E-state index in [1.54, 1.807) is 0 Å². The molecule has 1 heterocycles. The van der Waals surface area contributed by atoms with Gasteiger partial charge < -0.3 is 10.6 Å². The van der Waals surface area contributed by atoms with Crippen molar-refractivity contribution in [2.45, 2.75) is 32.4 Å². The highest BCUT2D eigenvalue weighted by Gasteiger charge is 2.25. The minimum Gasteiger partial charge on any atom is -0.354 e. The number of rotatable bonds is 7. The zero-order valence-corrected chi connectivity index (χ0v) is 13.1. The fourth-order valence-electron chi connectivity index (χ4n) is 2.94. The van der Waals surface area contributed by atoms with E-state index in [0.29, 0.717) is 6.04 Å². The van der Waals surface area contributed by atoms with Crippen LogP contribution in [0.15, 0.2) is 30.3 Å². The van der Waals surface area contributed by atoms with Gasteiger partial charge in [0.15, 0.2) is 0 Å². The highest BCUT2D eigenvalue weighted by Crippen LogP contribution is 2.19. The number of hydrogen-bond acceptors (Lipinski definition) is 3. The molecule has 2 rings (SSSR count). The van der Waals surface area contributed by atoms with Gasteiger partial charge in [0.25, 0.3) is 0 Å². The first-order valence-electron chi connectivity index (χ1n) is 7.91. The topological polar surface area (TPSA) is 44.4 Å². The Labute approximate surface area is 127 Å². The molecule has 1 amide bonds. The number of nitrogens with zero attached hydrogens (tertiary/aromatic N) is 1. The molecule has 2 N–H and O–H groups in total. The summed E-state index contributed by atoms with van der Waals surface area (Å²) in [7, 11) is 1.88. The summed E-state index contributed by atoms with van der Waals surface area (Å²) in [5.74, 6) is 0.176. The molecule has 0 aliphatic carbocycles. The van der Waals surface area contributed by atoms with Crippen LogP contribution in [0.1, 0.15) is 25.3 Å². The molecular weight excluding hydrogens is 262 g/mol. The van der Waals surface area contributed by atoms with Gasteiger partial charge in [0.2, 0.25) is 5.91 Å². The minimum atomic E-state index is 0.0268. The van der Waals surface area contributed by atoms with Gasteiger partial charge in [-0.1, -0.05) is 37.3 Å². The van der Waals surface area contributed by atoms with E-state index in [1.807, 2.05) is 20.0 Å². The lowest BCUT2D eigenvalue weighted by Gasteiger charge is -2.25.